The molecule has 0 aliphatic heterocycles. The summed E-state index contributed by atoms with van der Waals surface area (Å²) in [4.78, 5) is 3.89. The molecule has 2 heterocycles. The van der Waals surface area contributed by atoms with Gasteiger partial charge < -0.3 is 0 Å². The third-order valence-corrected chi connectivity index (χ3v) is 2.31. The molecule has 0 aromatic carbocycles. The second-order valence-corrected chi connectivity index (χ2v) is 3.91. The van der Waals surface area contributed by atoms with Crippen molar-refractivity contribution in [1.82, 2.24) is 14.8 Å². The highest BCUT2D eigenvalue weighted by atomic mass is 127. The molecule has 0 bridgehead atoms. The van der Waals surface area contributed by atoms with Crippen LogP contribution in [0.25, 0.3) is 5.69 Å². The molecular formula is C8H5ClIN3. The average molecular weight is 306 g/mol. The number of hydrogen-bond acceptors (Lipinski definition) is 2. The van der Waals surface area contributed by atoms with Gasteiger partial charge in [0.25, 0.3) is 0 Å². The van der Waals surface area contributed by atoms with Crippen LogP contribution in [0.5, 0.6) is 0 Å². The normalized spacial score (nSPS) is 10.3. The molecule has 0 N–H and O–H groups in total. The van der Waals surface area contributed by atoms with Crippen molar-refractivity contribution in [3.63, 3.8) is 0 Å². The van der Waals surface area contributed by atoms with Crippen LogP contribution >= 0.6 is 34.2 Å². The Labute approximate surface area is 93.9 Å². The van der Waals surface area contributed by atoms with Crippen LogP contribution in [0, 0.1) is 3.70 Å². The topological polar surface area (TPSA) is 30.7 Å². The smallest absolute Gasteiger partial charge is 0.131 e. The minimum Gasteiger partial charge on any atom is -0.244 e. The third kappa shape index (κ3) is 2.00. The predicted molar refractivity (Wildman–Crippen MR) is 59.1 cm³/mol. The Morgan fingerprint density at radius 3 is 2.85 bits per heavy atom. The van der Waals surface area contributed by atoms with Gasteiger partial charge in [-0.2, -0.15) is 5.10 Å². The fraction of sp³-hybridized carbons (Fsp3) is 0. The van der Waals surface area contributed by atoms with Gasteiger partial charge in [0.05, 0.1) is 5.69 Å². The molecule has 0 unspecified atom stereocenters. The number of halogens is 2. The summed E-state index contributed by atoms with van der Waals surface area (Å²) in [5.74, 6) is 0. The predicted octanol–water partition coefficient (Wildman–Crippen LogP) is 2.53. The second-order valence-electron chi connectivity index (χ2n) is 2.42. The lowest BCUT2D eigenvalue weighted by Gasteiger charge is -1.99. The van der Waals surface area contributed by atoms with Gasteiger partial charge in [-0.3, -0.25) is 0 Å². The molecule has 0 aliphatic carbocycles. The standard InChI is InChI=1S/C8H5ClIN3/c9-7-5-6(1-3-11-7)13-4-2-8(10)12-13/h1-5H. The Bertz CT molecular complexity index is 427. The van der Waals surface area contributed by atoms with Crippen LogP contribution in [0.15, 0.2) is 30.6 Å². The van der Waals surface area contributed by atoms with Gasteiger partial charge in [-0.1, -0.05) is 11.6 Å². The van der Waals surface area contributed by atoms with E-state index in [9.17, 15) is 0 Å². The van der Waals surface area contributed by atoms with Gasteiger partial charge in [0.1, 0.15) is 8.85 Å². The Hall–Kier alpha value is -0.620. The van der Waals surface area contributed by atoms with Crippen LogP contribution < -0.4 is 0 Å². The monoisotopic (exact) mass is 305 g/mol. The molecule has 0 radical (unpaired) electrons. The van der Waals surface area contributed by atoms with Crippen LogP contribution in [0.1, 0.15) is 0 Å². The fourth-order valence-corrected chi connectivity index (χ4v) is 1.54. The summed E-state index contributed by atoms with van der Waals surface area (Å²) < 4.78 is 2.71. The Kier molecular flexibility index (Phi) is 2.50. The third-order valence-electron chi connectivity index (χ3n) is 1.53. The molecule has 2 rings (SSSR count). The maximum Gasteiger partial charge on any atom is 0.131 e. The van der Waals surface area contributed by atoms with Gasteiger partial charge in [-0.15, -0.1) is 0 Å². The molecule has 3 nitrogen and oxygen atoms in total. The number of hydrogen-bond donors (Lipinski definition) is 0. The van der Waals surface area contributed by atoms with Gasteiger partial charge in [-0.25, -0.2) is 9.67 Å². The minimum absolute atomic E-state index is 0.475. The number of aromatic nitrogens is 3. The largest absolute Gasteiger partial charge is 0.244 e. The van der Waals surface area contributed by atoms with E-state index in [0.717, 1.165) is 9.39 Å². The zero-order valence-corrected chi connectivity index (χ0v) is 9.40. The lowest BCUT2D eigenvalue weighted by atomic mass is 10.4. The van der Waals surface area contributed by atoms with E-state index in [4.69, 9.17) is 11.6 Å². The van der Waals surface area contributed by atoms with Crippen LogP contribution in [0.2, 0.25) is 5.15 Å². The first kappa shape index (κ1) is 8.96. The van der Waals surface area contributed by atoms with Crippen molar-refractivity contribution in [2.75, 3.05) is 0 Å². The van der Waals surface area contributed by atoms with Gasteiger partial charge in [0, 0.05) is 18.5 Å². The van der Waals surface area contributed by atoms with E-state index in [1.807, 2.05) is 18.3 Å². The molecule has 0 saturated carbocycles. The SMILES string of the molecule is Clc1cc(-n2ccc(I)n2)ccn1. The number of pyridine rings is 1. The average Bonchev–Trinajstić information content (AvgIpc) is 2.52. The molecule has 2 aromatic heterocycles. The van der Waals surface area contributed by atoms with E-state index < -0.39 is 0 Å². The summed E-state index contributed by atoms with van der Waals surface area (Å²) in [6.45, 7) is 0. The van der Waals surface area contributed by atoms with Crippen LogP contribution in [0.4, 0.5) is 0 Å². The van der Waals surface area contributed by atoms with E-state index in [0.29, 0.717) is 5.15 Å². The summed E-state index contributed by atoms with van der Waals surface area (Å²) in [6.07, 6.45) is 3.54. The Balaban J connectivity index is 2.46. The van der Waals surface area contributed by atoms with E-state index in [-0.39, 0.29) is 0 Å². The quantitative estimate of drug-likeness (QED) is 0.599. The molecule has 66 valence electrons. The van der Waals surface area contributed by atoms with Crippen LogP contribution in [-0.4, -0.2) is 14.8 Å². The molecular weight excluding hydrogens is 300 g/mol. The first-order valence-electron chi connectivity index (χ1n) is 3.59. The highest BCUT2D eigenvalue weighted by Gasteiger charge is 1.99. The summed E-state index contributed by atoms with van der Waals surface area (Å²) in [6, 6.07) is 5.55. The Morgan fingerprint density at radius 2 is 2.23 bits per heavy atom. The molecule has 0 amide bonds. The lowest BCUT2D eigenvalue weighted by molar-refractivity contribution is 0.866. The van der Waals surface area contributed by atoms with E-state index in [1.54, 1.807) is 16.9 Å². The molecule has 0 saturated heterocycles. The summed E-state index contributed by atoms with van der Waals surface area (Å²) in [5, 5.41) is 4.71. The molecule has 13 heavy (non-hydrogen) atoms. The lowest BCUT2D eigenvalue weighted by Crippen LogP contribution is -1.94. The number of rotatable bonds is 1. The first-order chi connectivity index (χ1) is 6.25. The molecule has 0 spiro atoms. The molecule has 2 aromatic rings. The van der Waals surface area contributed by atoms with Gasteiger partial charge >= 0.3 is 0 Å². The van der Waals surface area contributed by atoms with Crippen molar-refractivity contribution < 1.29 is 0 Å². The van der Waals surface area contributed by atoms with E-state index in [1.165, 1.54) is 0 Å². The maximum atomic E-state index is 5.75. The molecule has 0 fully saturated rings. The second kappa shape index (κ2) is 3.63. The van der Waals surface area contributed by atoms with Gasteiger partial charge in [0.2, 0.25) is 0 Å². The van der Waals surface area contributed by atoms with Crippen molar-refractivity contribution in [1.29, 1.82) is 0 Å². The minimum atomic E-state index is 0.475. The molecule has 5 heteroatoms. The van der Waals surface area contributed by atoms with Crippen molar-refractivity contribution >= 4 is 34.2 Å². The van der Waals surface area contributed by atoms with E-state index >= 15 is 0 Å². The summed E-state index contributed by atoms with van der Waals surface area (Å²) in [5.41, 5.74) is 0.919. The van der Waals surface area contributed by atoms with Crippen LogP contribution in [0.3, 0.4) is 0 Å². The zero-order valence-electron chi connectivity index (χ0n) is 6.48. The van der Waals surface area contributed by atoms with E-state index in [2.05, 4.69) is 32.7 Å². The highest BCUT2D eigenvalue weighted by Crippen LogP contribution is 2.12. The Morgan fingerprint density at radius 1 is 1.38 bits per heavy atom. The zero-order chi connectivity index (χ0) is 9.26. The van der Waals surface area contributed by atoms with Crippen molar-refractivity contribution in [3.05, 3.63) is 39.4 Å². The summed E-state index contributed by atoms with van der Waals surface area (Å²) in [7, 11) is 0. The summed E-state index contributed by atoms with van der Waals surface area (Å²) >= 11 is 7.90. The fourth-order valence-electron chi connectivity index (χ4n) is 0.980. The van der Waals surface area contributed by atoms with Crippen molar-refractivity contribution in [2.24, 2.45) is 0 Å². The van der Waals surface area contributed by atoms with Crippen molar-refractivity contribution in [3.8, 4) is 5.69 Å². The first-order valence-corrected chi connectivity index (χ1v) is 5.04. The van der Waals surface area contributed by atoms with Gasteiger partial charge in [0.15, 0.2) is 0 Å². The van der Waals surface area contributed by atoms with Crippen LogP contribution in [-0.2, 0) is 0 Å². The van der Waals surface area contributed by atoms with Gasteiger partial charge in [-0.05, 0) is 34.7 Å². The highest BCUT2D eigenvalue weighted by molar-refractivity contribution is 14.1. The molecule has 0 aliphatic rings. The number of nitrogens with zero attached hydrogens (tertiary/aromatic N) is 3. The maximum absolute atomic E-state index is 5.75. The molecule has 0 atom stereocenters. The van der Waals surface area contributed by atoms with Crippen molar-refractivity contribution in [2.45, 2.75) is 0 Å².